The van der Waals surface area contributed by atoms with E-state index in [4.69, 9.17) is 5.11 Å². The van der Waals surface area contributed by atoms with Crippen LogP contribution in [0.1, 0.15) is 22.2 Å². The number of hydrogen-bond acceptors (Lipinski definition) is 2. The molecule has 52 valence electrons. The maximum atomic E-state index is 8.94. The van der Waals surface area contributed by atoms with E-state index in [1.807, 2.05) is 18.7 Å². The quantitative estimate of drug-likeness (QED) is 0.341. The van der Waals surface area contributed by atoms with Crippen LogP contribution < -0.4 is 18.9 Å². The Morgan fingerprint density at radius 1 is 1.44 bits per heavy atom. The molecular weight excluding hydrogens is 109 g/mol. The zero-order chi connectivity index (χ0) is 6.57. The summed E-state index contributed by atoms with van der Waals surface area (Å²) in [6, 6.07) is 0. The second-order valence-electron chi connectivity index (χ2n) is 1.85. The third kappa shape index (κ3) is 4.99. The predicted octanol–water partition coefficient (Wildman–Crippen LogP) is -2.22. The summed E-state index contributed by atoms with van der Waals surface area (Å²) in [6.07, 6.45) is -0.287. The molecule has 0 aliphatic rings. The van der Waals surface area contributed by atoms with Gasteiger partial charge in [0, 0.05) is 0 Å². The summed E-state index contributed by atoms with van der Waals surface area (Å²) in [4.78, 5) is 1.97. The third-order valence-corrected chi connectivity index (χ3v) is 1.34. The topological polar surface area (TPSA) is 23.5 Å². The molecule has 0 heterocycles. The molecule has 0 saturated heterocycles. The minimum Gasteiger partial charge on any atom is -1.00 e. The van der Waals surface area contributed by atoms with Crippen molar-refractivity contribution in [3.63, 3.8) is 0 Å². The van der Waals surface area contributed by atoms with E-state index in [0.717, 1.165) is 13.1 Å². The van der Waals surface area contributed by atoms with Crippen molar-refractivity contribution in [3.8, 4) is 0 Å². The van der Waals surface area contributed by atoms with Gasteiger partial charge in [-0.05, 0) is 20.0 Å². The van der Waals surface area contributed by atoms with Crippen molar-refractivity contribution in [3.05, 3.63) is 0 Å². The van der Waals surface area contributed by atoms with Crippen LogP contribution in [-0.4, -0.2) is 29.3 Å². The summed E-state index contributed by atoms with van der Waals surface area (Å²) in [5.74, 6) is 0. The summed E-state index contributed by atoms with van der Waals surface area (Å²) < 4.78 is 0. The van der Waals surface area contributed by atoms with Gasteiger partial charge in [-0.3, -0.25) is 4.90 Å². The molecule has 0 saturated carbocycles. The van der Waals surface area contributed by atoms with Gasteiger partial charge < -0.3 is 6.53 Å². The van der Waals surface area contributed by atoms with Gasteiger partial charge in [-0.25, -0.2) is 0 Å². The molecule has 0 aliphatic carbocycles. The van der Waals surface area contributed by atoms with E-state index in [1.165, 1.54) is 0 Å². The van der Waals surface area contributed by atoms with E-state index >= 15 is 0 Å². The second kappa shape index (κ2) is 6.63. The first kappa shape index (κ1) is 12.2. The minimum absolute atomic E-state index is 0. The van der Waals surface area contributed by atoms with Gasteiger partial charge in [-0.2, -0.15) is 0 Å². The van der Waals surface area contributed by atoms with Crippen molar-refractivity contribution >= 4 is 0 Å². The van der Waals surface area contributed by atoms with Crippen LogP contribution in [0, 0.1) is 0 Å². The molecule has 0 fully saturated rings. The SMILES string of the molecule is CCN(CC)C(C)O.[H-].[Li+]. The fourth-order valence-electron chi connectivity index (χ4n) is 0.752. The fraction of sp³-hybridized carbons (Fsp3) is 1.00. The van der Waals surface area contributed by atoms with E-state index in [0.29, 0.717) is 0 Å². The molecule has 0 radical (unpaired) electrons. The summed E-state index contributed by atoms with van der Waals surface area (Å²) >= 11 is 0. The van der Waals surface area contributed by atoms with E-state index in [9.17, 15) is 0 Å². The Kier molecular flexibility index (Phi) is 9.01. The van der Waals surface area contributed by atoms with Crippen molar-refractivity contribution in [2.45, 2.75) is 27.0 Å². The molecule has 0 aromatic rings. The molecule has 1 unspecified atom stereocenters. The molecule has 0 aromatic heterocycles. The Balaban J connectivity index is -0.000000245. The summed E-state index contributed by atoms with van der Waals surface area (Å²) in [7, 11) is 0. The number of aliphatic hydroxyl groups is 1. The maximum Gasteiger partial charge on any atom is 1.00 e. The normalized spacial score (nSPS) is 13.0. The zero-order valence-corrected chi connectivity index (χ0v) is 6.89. The van der Waals surface area contributed by atoms with E-state index in [1.54, 1.807) is 6.92 Å². The van der Waals surface area contributed by atoms with Crippen LogP contribution in [0.5, 0.6) is 0 Å². The predicted molar refractivity (Wildman–Crippen MR) is 35.7 cm³/mol. The molecule has 1 N–H and O–H groups in total. The zero-order valence-electron chi connectivity index (χ0n) is 7.89. The Morgan fingerprint density at radius 2 is 1.78 bits per heavy atom. The molecular formula is C6H16LiNO. The van der Waals surface area contributed by atoms with Gasteiger partial charge in [0.15, 0.2) is 0 Å². The number of aliphatic hydroxyl groups excluding tert-OH is 1. The molecule has 3 heteroatoms. The van der Waals surface area contributed by atoms with Gasteiger partial charge in [0.2, 0.25) is 0 Å². The molecule has 0 aromatic carbocycles. The van der Waals surface area contributed by atoms with Crippen LogP contribution in [0.25, 0.3) is 0 Å². The van der Waals surface area contributed by atoms with Gasteiger partial charge in [0.25, 0.3) is 0 Å². The van der Waals surface area contributed by atoms with Crippen molar-refractivity contribution in [1.82, 2.24) is 4.90 Å². The second-order valence-corrected chi connectivity index (χ2v) is 1.85. The van der Waals surface area contributed by atoms with Gasteiger partial charge in [0.05, 0.1) is 0 Å². The molecule has 0 amide bonds. The van der Waals surface area contributed by atoms with Gasteiger partial charge in [0.1, 0.15) is 6.23 Å². The third-order valence-electron chi connectivity index (χ3n) is 1.34. The van der Waals surface area contributed by atoms with Gasteiger partial charge in [-0.15, -0.1) is 0 Å². The number of rotatable bonds is 3. The summed E-state index contributed by atoms with van der Waals surface area (Å²) in [5.41, 5.74) is 0. The van der Waals surface area contributed by atoms with Crippen molar-refractivity contribution in [2.75, 3.05) is 13.1 Å². The molecule has 0 spiro atoms. The van der Waals surface area contributed by atoms with E-state index in [2.05, 4.69) is 0 Å². The van der Waals surface area contributed by atoms with Crippen LogP contribution >= 0.6 is 0 Å². The van der Waals surface area contributed by atoms with Crippen molar-refractivity contribution < 1.29 is 25.4 Å². The van der Waals surface area contributed by atoms with Crippen molar-refractivity contribution in [1.29, 1.82) is 0 Å². The van der Waals surface area contributed by atoms with Crippen LogP contribution in [0.2, 0.25) is 0 Å². The number of nitrogens with zero attached hydrogens (tertiary/aromatic N) is 1. The Hall–Kier alpha value is 0.517. The monoisotopic (exact) mass is 125 g/mol. The molecule has 0 aliphatic heterocycles. The average molecular weight is 125 g/mol. The van der Waals surface area contributed by atoms with Crippen LogP contribution in [0.4, 0.5) is 0 Å². The smallest absolute Gasteiger partial charge is 1.00 e. The van der Waals surface area contributed by atoms with Crippen LogP contribution in [0.15, 0.2) is 0 Å². The molecule has 1 atom stereocenters. The first-order valence-corrected chi connectivity index (χ1v) is 3.14. The van der Waals surface area contributed by atoms with E-state index < -0.39 is 0 Å². The Labute approximate surface area is 70.9 Å². The fourth-order valence-corrected chi connectivity index (χ4v) is 0.752. The standard InChI is InChI=1S/C6H15NO.Li.H/c1-4-7(5-2)6(3)8;;/h6,8H,4-5H2,1-3H3;;/q;+1;-1. The Bertz CT molecular complexity index is 59.7. The van der Waals surface area contributed by atoms with Crippen molar-refractivity contribution in [2.24, 2.45) is 0 Å². The first-order chi connectivity index (χ1) is 3.72. The largest absolute Gasteiger partial charge is 1.00 e. The van der Waals surface area contributed by atoms with Gasteiger partial charge in [-0.1, -0.05) is 13.8 Å². The summed E-state index contributed by atoms with van der Waals surface area (Å²) in [6.45, 7) is 7.71. The Morgan fingerprint density at radius 3 is 1.78 bits per heavy atom. The molecule has 2 nitrogen and oxygen atoms in total. The minimum atomic E-state index is -0.287. The van der Waals surface area contributed by atoms with Crippen LogP contribution in [-0.2, 0) is 0 Å². The molecule has 0 bridgehead atoms. The maximum absolute atomic E-state index is 8.94. The number of hydrogen-bond donors (Lipinski definition) is 1. The first-order valence-electron chi connectivity index (χ1n) is 3.14. The average Bonchev–Trinajstić information content (AvgIpc) is 1.69. The molecule has 9 heavy (non-hydrogen) atoms. The van der Waals surface area contributed by atoms with E-state index in [-0.39, 0.29) is 26.5 Å². The summed E-state index contributed by atoms with van der Waals surface area (Å²) in [5, 5.41) is 8.94. The van der Waals surface area contributed by atoms with Gasteiger partial charge >= 0.3 is 18.9 Å². The molecule has 0 rings (SSSR count). The van der Waals surface area contributed by atoms with Crippen LogP contribution in [0.3, 0.4) is 0 Å².